The van der Waals surface area contributed by atoms with E-state index in [1.165, 1.54) is 6.38 Å². The van der Waals surface area contributed by atoms with Gasteiger partial charge < -0.3 is 5.32 Å². The first-order chi connectivity index (χ1) is 13.1. The number of para-hydroxylation sites is 1. The number of hydrogen-bond acceptors (Lipinski definition) is 3. The lowest BCUT2D eigenvalue weighted by molar-refractivity contribution is 0.0979. The van der Waals surface area contributed by atoms with Crippen LogP contribution in [0.2, 0.25) is 0 Å². The van der Waals surface area contributed by atoms with Crippen molar-refractivity contribution in [1.82, 2.24) is 0 Å². The second-order valence-electron chi connectivity index (χ2n) is 5.99. The maximum absolute atomic E-state index is 13.0. The van der Waals surface area contributed by atoms with Crippen molar-refractivity contribution in [3.63, 3.8) is 0 Å². The molecule has 0 aromatic heterocycles. The number of carbonyl (C=O) groups is 2. The molecule has 0 saturated heterocycles. The highest BCUT2D eigenvalue weighted by molar-refractivity contribution is 9.10. The van der Waals surface area contributed by atoms with Crippen LogP contribution in [0.5, 0.6) is 0 Å². The van der Waals surface area contributed by atoms with E-state index in [1.807, 2.05) is 31.2 Å². The second kappa shape index (κ2) is 8.07. The summed E-state index contributed by atoms with van der Waals surface area (Å²) in [6, 6.07) is 18.2. The van der Waals surface area contributed by atoms with E-state index in [1.54, 1.807) is 36.4 Å². The number of ketones is 2. The normalized spacial score (nSPS) is 11.9. The van der Waals surface area contributed by atoms with E-state index in [0.717, 1.165) is 15.7 Å². The largest absolute Gasteiger partial charge is 0.354 e. The molecule has 4 rings (SSSR count). The molecule has 0 saturated carbocycles. The Kier molecular flexibility index (Phi) is 5.78. The maximum Gasteiger partial charge on any atom is 0.196 e. The van der Waals surface area contributed by atoms with Crippen LogP contribution >= 0.6 is 27.5 Å². The highest BCUT2D eigenvalue weighted by Crippen LogP contribution is 2.35. The third-order valence-corrected chi connectivity index (χ3v) is 5.09. The summed E-state index contributed by atoms with van der Waals surface area (Å²) in [4.78, 5) is 25.8. The Morgan fingerprint density at radius 3 is 2.04 bits per heavy atom. The fourth-order valence-electron chi connectivity index (χ4n) is 3.17. The fraction of sp³-hybridized carbons (Fsp3) is 0.0909. The minimum absolute atomic E-state index is 0.113. The molecule has 0 fully saturated rings. The zero-order valence-corrected chi connectivity index (χ0v) is 17.2. The van der Waals surface area contributed by atoms with Crippen molar-refractivity contribution in [1.29, 1.82) is 0 Å². The van der Waals surface area contributed by atoms with Crippen LogP contribution in [0.3, 0.4) is 0 Å². The third-order valence-electron chi connectivity index (χ3n) is 4.43. The van der Waals surface area contributed by atoms with E-state index < -0.39 is 0 Å². The lowest BCUT2D eigenvalue weighted by Gasteiger charge is -2.21. The Balaban J connectivity index is 0.00000102. The number of aryl methyl sites for hydroxylation is 1. The molecule has 136 valence electrons. The molecule has 0 spiro atoms. The molecule has 0 atom stereocenters. The van der Waals surface area contributed by atoms with Gasteiger partial charge in [0.05, 0.1) is 16.9 Å². The van der Waals surface area contributed by atoms with Crippen LogP contribution in [0.25, 0.3) is 0 Å². The Morgan fingerprint density at radius 2 is 1.37 bits per heavy atom. The van der Waals surface area contributed by atoms with Gasteiger partial charge in [0.1, 0.15) is 0 Å². The summed E-state index contributed by atoms with van der Waals surface area (Å²) in [6.45, 7) is 1.99. The summed E-state index contributed by atoms with van der Waals surface area (Å²) < 4.78 is 0.903. The predicted octanol–water partition coefficient (Wildman–Crippen LogP) is 6.13. The van der Waals surface area contributed by atoms with Crippen molar-refractivity contribution in [3.05, 3.63) is 93.0 Å². The van der Waals surface area contributed by atoms with Crippen molar-refractivity contribution < 1.29 is 9.59 Å². The van der Waals surface area contributed by atoms with Gasteiger partial charge in [0.2, 0.25) is 0 Å². The lowest BCUT2D eigenvalue weighted by atomic mass is 9.83. The first-order valence-electron chi connectivity index (χ1n) is 8.29. The van der Waals surface area contributed by atoms with Crippen molar-refractivity contribution in [2.75, 3.05) is 11.7 Å². The summed E-state index contributed by atoms with van der Waals surface area (Å²) in [7, 11) is 0. The second-order valence-corrected chi connectivity index (χ2v) is 6.84. The van der Waals surface area contributed by atoms with Gasteiger partial charge in [-0.15, -0.1) is 11.6 Å². The molecule has 5 heteroatoms. The third kappa shape index (κ3) is 3.43. The van der Waals surface area contributed by atoms with E-state index in [4.69, 9.17) is 0 Å². The number of rotatable bonds is 2. The van der Waals surface area contributed by atoms with Crippen molar-refractivity contribution in [2.24, 2.45) is 0 Å². The van der Waals surface area contributed by atoms with Gasteiger partial charge >= 0.3 is 0 Å². The van der Waals surface area contributed by atoms with Crippen LogP contribution in [-0.4, -0.2) is 17.9 Å². The number of benzene rings is 3. The van der Waals surface area contributed by atoms with Crippen LogP contribution in [-0.2, 0) is 0 Å². The number of hydrogen-bond donors (Lipinski definition) is 1. The summed E-state index contributed by atoms with van der Waals surface area (Å²) in [5.41, 5.74) is 4.37. The summed E-state index contributed by atoms with van der Waals surface area (Å²) >= 11 is 8.18. The van der Waals surface area contributed by atoms with Gasteiger partial charge in [-0.1, -0.05) is 48.5 Å². The maximum atomic E-state index is 13.0. The van der Waals surface area contributed by atoms with Crippen molar-refractivity contribution >= 4 is 50.5 Å². The molecule has 0 heterocycles. The number of alkyl halides is 1. The number of anilines is 2. The van der Waals surface area contributed by atoms with Gasteiger partial charge in [-0.2, -0.15) is 0 Å². The lowest BCUT2D eigenvalue weighted by Crippen LogP contribution is -2.22. The van der Waals surface area contributed by atoms with Gasteiger partial charge in [-0.05, 0) is 40.5 Å². The van der Waals surface area contributed by atoms with Gasteiger partial charge in [-0.25, -0.2) is 0 Å². The molecular weight excluding hydrogens is 426 g/mol. The van der Waals surface area contributed by atoms with Gasteiger partial charge in [0.15, 0.2) is 11.6 Å². The van der Waals surface area contributed by atoms with E-state index in [9.17, 15) is 9.59 Å². The molecular formula is C22H17BrClNO2. The molecule has 1 aliphatic carbocycles. The first kappa shape index (κ1) is 19.3. The summed E-state index contributed by atoms with van der Waals surface area (Å²) in [6.07, 6.45) is 1.47. The molecule has 1 aliphatic rings. The molecule has 3 nitrogen and oxygen atoms in total. The SMILES string of the molecule is CCl.Cc1cccc(Br)c1Nc1cccc2c1C(=O)c1ccccc1C2=O. The number of carbonyl (C=O) groups excluding carboxylic acids is 2. The molecule has 0 unspecified atom stereocenters. The minimum atomic E-state index is -0.127. The molecule has 27 heavy (non-hydrogen) atoms. The summed E-state index contributed by atoms with van der Waals surface area (Å²) in [5, 5.41) is 3.33. The van der Waals surface area contributed by atoms with Crippen molar-refractivity contribution in [2.45, 2.75) is 6.92 Å². The zero-order valence-electron chi connectivity index (χ0n) is 14.8. The molecule has 0 amide bonds. The molecule has 0 aliphatic heterocycles. The van der Waals surface area contributed by atoms with Crippen LogP contribution in [0.15, 0.2) is 65.1 Å². The topological polar surface area (TPSA) is 46.2 Å². The Bertz CT molecular complexity index is 1030. The van der Waals surface area contributed by atoms with Crippen LogP contribution < -0.4 is 5.32 Å². The van der Waals surface area contributed by atoms with Crippen LogP contribution in [0.4, 0.5) is 11.4 Å². The Labute approximate surface area is 171 Å². The van der Waals surface area contributed by atoms with Gasteiger partial charge in [0.25, 0.3) is 0 Å². The molecule has 1 N–H and O–H groups in total. The molecule has 3 aromatic carbocycles. The van der Waals surface area contributed by atoms with Gasteiger partial charge in [-0.3, -0.25) is 9.59 Å². The minimum Gasteiger partial charge on any atom is -0.354 e. The van der Waals surface area contributed by atoms with Crippen LogP contribution in [0.1, 0.15) is 37.4 Å². The molecule has 0 bridgehead atoms. The van der Waals surface area contributed by atoms with E-state index in [-0.39, 0.29) is 11.6 Å². The first-order valence-corrected chi connectivity index (χ1v) is 9.84. The quantitative estimate of drug-likeness (QED) is 0.380. The number of fused-ring (bicyclic) bond motifs is 2. The smallest absolute Gasteiger partial charge is 0.196 e. The Morgan fingerprint density at radius 1 is 0.778 bits per heavy atom. The molecule has 3 aromatic rings. The average molecular weight is 443 g/mol. The zero-order chi connectivity index (χ0) is 19.6. The highest BCUT2D eigenvalue weighted by Gasteiger charge is 2.31. The van der Waals surface area contributed by atoms with E-state index >= 15 is 0 Å². The van der Waals surface area contributed by atoms with E-state index in [0.29, 0.717) is 27.9 Å². The van der Waals surface area contributed by atoms with Crippen molar-refractivity contribution in [3.8, 4) is 0 Å². The average Bonchev–Trinajstić information content (AvgIpc) is 2.70. The molecule has 0 radical (unpaired) electrons. The van der Waals surface area contributed by atoms with Crippen LogP contribution in [0, 0.1) is 6.92 Å². The summed E-state index contributed by atoms with van der Waals surface area (Å²) in [5.74, 6) is -0.240. The highest BCUT2D eigenvalue weighted by atomic mass is 79.9. The number of nitrogens with one attached hydrogen (secondary N) is 1. The monoisotopic (exact) mass is 441 g/mol. The van der Waals surface area contributed by atoms with Gasteiger partial charge in [0, 0.05) is 27.5 Å². The standard InChI is InChI=1S/C21H14BrNO2.CH3Cl/c1-12-6-4-10-16(22)19(12)23-17-11-5-9-15-18(17)21(25)14-8-3-2-7-13(14)20(15)24;1-2/h2-11,23H,1H3;1H3. The predicted molar refractivity (Wildman–Crippen MR) is 114 cm³/mol. The number of halogens is 2. The fourth-order valence-corrected chi connectivity index (χ4v) is 3.74. The Hall–Kier alpha value is -2.43. The van der Waals surface area contributed by atoms with E-state index in [2.05, 4.69) is 32.8 Å².